The van der Waals surface area contributed by atoms with E-state index in [1.54, 1.807) is 6.07 Å². The van der Waals surface area contributed by atoms with E-state index in [0.717, 1.165) is 11.3 Å². The van der Waals surface area contributed by atoms with Gasteiger partial charge in [-0.1, -0.05) is 23.2 Å². The van der Waals surface area contributed by atoms with E-state index in [0.29, 0.717) is 21.5 Å². The average molecular weight is 353 g/mol. The maximum Gasteiger partial charge on any atom is 0.264 e. The van der Waals surface area contributed by atoms with Crippen LogP contribution < -0.4 is 15.2 Å². The molecule has 0 aliphatic carbocycles. The van der Waals surface area contributed by atoms with Crippen LogP contribution in [0.25, 0.3) is 0 Å². The minimum Gasteiger partial charge on any atom is -0.495 e. The Morgan fingerprint density at radius 2 is 2.00 bits per heavy atom. The summed E-state index contributed by atoms with van der Waals surface area (Å²) in [5, 5.41) is 0. The van der Waals surface area contributed by atoms with E-state index in [9.17, 15) is 8.42 Å². The standard InChI is InChI=1S/C11H10Cl2N2O3S2/c1-18-8-4-6(2-3-7(8)14)15-20(16,17)9-5-10(12)19-11(9)13/h2-5,15H,14H2,1H3. The van der Waals surface area contributed by atoms with Gasteiger partial charge in [0.25, 0.3) is 10.0 Å². The Hall–Kier alpha value is -1.15. The van der Waals surface area contributed by atoms with Gasteiger partial charge in [-0.25, -0.2) is 8.42 Å². The van der Waals surface area contributed by atoms with E-state index in [2.05, 4.69) is 4.72 Å². The molecule has 2 aromatic rings. The number of nitrogen functional groups attached to an aromatic ring is 1. The highest BCUT2D eigenvalue weighted by Gasteiger charge is 2.21. The summed E-state index contributed by atoms with van der Waals surface area (Å²) < 4.78 is 32.2. The lowest BCUT2D eigenvalue weighted by Gasteiger charge is -2.10. The molecule has 0 radical (unpaired) electrons. The third kappa shape index (κ3) is 3.12. The molecule has 2 rings (SSSR count). The largest absolute Gasteiger partial charge is 0.495 e. The molecule has 0 aliphatic heterocycles. The summed E-state index contributed by atoms with van der Waals surface area (Å²) in [6, 6.07) is 5.84. The summed E-state index contributed by atoms with van der Waals surface area (Å²) in [6.45, 7) is 0. The summed E-state index contributed by atoms with van der Waals surface area (Å²) in [5.41, 5.74) is 6.39. The second-order valence-corrected chi connectivity index (χ2v) is 7.69. The number of hydrogen-bond acceptors (Lipinski definition) is 5. The Morgan fingerprint density at radius 3 is 2.55 bits per heavy atom. The van der Waals surface area contributed by atoms with Crippen LogP contribution in [0.4, 0.5) is 11.4 Å². The molecular formula is C11H10Cl2N2O3S2. The van der Waals surface area contributed by atoms with Gasteiger partial charge in [-0.2, -0.15) is 0 Å². The van der Waals surface area contributed by atoms with Crippen molar-refractivity contribution in [3.05, 3.63) is 32.9 Å². The predicted molar refractivity (Wildman–Crippen MR) is 82.6 cm³/mol. The van der Waals surface area contributed by atoms with E-state index in [4.69, 9.17) is 33.7 Å². The van der Waals surface area contributed by atoms with Crippen LogP contribution in [-0.2, 0) is 10.0 Å². The number of nitrogens with two attached hydrogens (primary N) is 1. The van der Waals surface area contributed by atoms with Gasteiger partial charge in [-0.05, 0) is 18.2 Å². The van der Waals surface area contributed by atoms with Crippen molar-refractivity contribution in [1.29, 1.82) is 0 Å². The molecule has 1 aromatic heterocycles. The lowest BCUT2D eigenvalue weighted by atomic mass is 10.3. The van der Waals surface area contributed by atoms with Gasteiger partial charge in [0.05, 0.1) is 22.8 Å². The van der Waals surface area contributed by atoms with Gasteiger partial charge >= 0.3 is 0 Å². The highest BCUT2D eigenvalue weighted by Crippen LogP contribution is 2.35. The molecule has 0 saturated heterocycles. The number of halogens is 2. The number of methoxy groups -OCH3 is 1. The van der Waals surface area contributed by atoms with Crippen LogP contribution in [-0.4, -0.2) is 15.5 Å². The van der Waals surface area contributed by atoms with Gasteiger partial charge in [0.2, 0.25) is 0 Å². The minimum atomic E-state index is -3.81. The van der Waals surface area contributed by atoms with Gasteiger partial charge in [0, 0.05) is 6.07 Å². The lowest BCUT2D eigenvalue weighted by molar-refractivity contribution is 0.417. The second-order valence-electron chi connectivity index (χ2n) is 3.75. The first-order valence-corrected chi connectivity index (χ1v) is 8.30. The smallest absolute Gasteiger partial charge is 0.264 e. The van der Waals surface area contributed by atoms with Gasteiger partial charge < -0.3 is 10.5 Å². The molecule has 0 saturated carbocycles. The van der Waals surface area contributed by atoms with Crippen molar-refractivity contribution in [3.63, 3.8) is 0 Å². The summed E-state index contributed by atoms with van der Waals surface area (Å²) in [4.78, 5) is -0.0649. The number of hydrogen-bond donors (Lipinski definition) is 2. The van der Waals surface area contributed by atoms with E-state index in [1.165, 1.54) is 25.3 Å². The summed E-state index contributed by atoms with van der Waals surface area (Å²) in [6.07, 6.45) is 0. The molecule has 1 heterocycles. The molecule has 0 spiro atoms. The molecule has 0 amide bonds. The first kappa shape index (κ1) is 15.2. The maximum atomic E-state index is 12.2. The molecule has 5 nitrogen and oxygen atoms in total. The summed E-state index contributed by atoms with van der Waals surface area (Å²) in [7, 11) is -2.37. The van der Waals surface area contributed by atoms with Crippen LogP contribution in [0.1, 0.15) is 0 Å². The number of ether oxygens (including phenoxy) is 1. The van der Waals surface area contributed by atoms with Crippen molar-refractivity contribution in [2.75, 3.05) is 17.6 Å². The van der Waals surface area contributed by atoms with Crippen LogP contribution in [0, 0.1) is 0 Å². The zero-order chi connectivity index (χ0) is 14.9. The van der Waals surface area contributed by atoms with Crippen LogP contribution in [0.15, 0.2) is 29.2 Å². The molecule has 20 heavy (non-hydrogen) atoms. The summed E-state index contributed by atoms with van der Waals surface area (Å²) >= 11 is 12.6. The normalized spacial score (nSPS) is 11.3. The zero-order valence-electron chi connectivity index (χ0n) is 10.2. The van der Waals surface area contributed by atoms with Crippen LogP contribution in [0.2, 0.25) is 8.67 Å². The fourth-order valence-corrected chi connectivity index (χ4v) is 4.69. The number of anilines is 2. The van der Waals surface area contributed by atoms with Crippen molar-refractivity contribution >= 4 is 55.9 Å². The zero-order valence-corrected chi connectivity index (χ0v) is 13.3. The Balaban J connectivity index is 2.36. The Kier molecular flexibility index (Phi) is 4.33. The van der Waals surface area contributed by atoms with E-state index >= 15 is 0 Å². The average Bonchev–Trinajstić information content (AvgIpc) is 2.71. The lowest BCUT2D eigenvalue weighted by Crippen LogP contribution is -2.12. The molecule has 0 unspecified atom stereocenters. The number of nitrogens with one attached hydrogen (secondary N) is 1. The quantitative estimate of drug-likeness (QED) is 0.825. The maximum absolute atomic E-state index is 12.2. The first-order chi connectivity index (χ1) is 9.33. The molecule has 3 N–H and O–H groups in total. The molecule has 0 bridgehead atoms. The van der Waals surface area contributed by atoms with Crippen LogP contribution in [0.5, 0.6) is 5.75 Å². The van der Waals surface area contributed by atoms with Crippen molar-refractivity contribution in [2.45, 2.75) is 4.90 Å². The van der Waals surface area contributed by atoms with E-state index in [1.807, 2.05) is 0 Å². The summed E-state index contributed by atoms with van der Waals surface area (Å²) in [5.74, 6) is 0.375. The molecule has 9 heteroatoms. The highest BCUT2D eigenvalue weighted by atomic mass is 35.5. The minimum absolute atomic E-state index is 0.0649. The van der Waals surface area contributed by atoms with Crippen molar-refractivity contribution < 1.29 is 13.2 Å². The predicted octanol–water partition coefficient (Wildman–Crippen LogP) is 3.45. The Morgan fingerprint density at radius 1 is 1.30 bits per heavy atom. The van der Waals surface area contributed by atoms with Gasteiger partial charge in [0.1, 0.15) is 15.0 Å². The van der Waals surface area contributed by atoms with E-state index < -0.39 is 10.0 Å². The number of rotatable bonds is 4. The van der Waals surface area contributed by atoms with E-state index in [-0.39, 0.29) is 9.23 Å². The van der Waals surface area contributed by atoms with Gasteiger partial charge in [-0.15, -0.1) is 11.3 Å². The first-order valence-electron chi connectivity index (χ1n) is 5.24. The fourth-order valence-electron chi connectivity index (χ4n) is 1.49. The molecule has 1 aromatic carbocycles. The van der Waals surface area contributed by atoms with Crippen molar-refractivity contribution in [3.8, 4) is 5.75 Å². The van der Waals surface area contributed by atoms with Gasteiger partial charge in [-0.3, -0.25) is 4.72 Å². The van der Waals surface area contributed by atoms with Crippen molar-refractivity contribution in [2.24, 2.45) is 0 Å². The Labute approximate surface area is 130 Å². The molecule has 0 aliphatic rings. The topological polar surface area (TPSA) is 81.4 Å². The van der Waals surface area contributed by atoms with Crippen molar-refractivity contribution in [1.82, 2.24) is 0 Å². The van der Waals surface area contributed by atoms with Crippen LogP contribution >= 0.6 is 34.5 Å². The number of benzene rings is 1. The Bertz CT molecular complexity index is 744. The molecular weight excluding hydrogens is 343 g/mol. The monoisotopic (exact) mass is 352 g/mol. The second kappa shape index (κ2) is 5.69. The molecule has 0 fully saturated rings. The third-order valence-corrected chi connectivity index (χ3v) is 5.53. The molecule has 0 atom stereocenters. The number of thiophene rings is 1. The van der Waals surface area contributed by atoms with Crippen LogP contribution in [0.3, 0.4) is 0 Å². The fraction of sp³-hybridized carbons (Fsp3) is 0.0909. The van der Waals surface area contributed by atoms with Gasteiger partial charge in [0.15, 0.2) is 0 Å². The third-order valence-electron chi connectivity index (χ3n) is 2.40. The molecule has 108 valence electrons. The highest BCUT2D eigenvalue weighted by molar-refractivity contribution is 7.93. The number of sulfonamides is 1. The SMILES string of the molecule is COc1cc(NS(=O)(=O)c2cc(Cl)sc2Cl)ccc1N.